The molecule has 6 heteroatoms. The number of anilines is 2. The molecule has 1 aliphatic heterocycles. The van der Waals surface area contributed by atoms with E-state index >= 15 is 0 Å². The minimum atomic E-state index is -0.175. The Bertz CT molecular complexity index is 619. The molecule has 0 atom stereocenters. The van der Waals surface area contributed by atoms with Crippen LogP contribution in [-0.2, 0) is 6.54 Å². The fraction of sp³-hybridized carbons (Fsp3) is 0.353. The molecule has 1 aromatic heterocycles. The second kappa shape index (κ2) is 7.48. The van der Waals surface area contributed by atoms with E-state index in [0.717, 1.165) is 36.7 Å². The number of carbonyl (C=O) groups is 1. The average molecular weight is 330 g/mol. The van der Waals surface area contributed by atoms with Gasteiger partial charge in [0, 0.05) is 42.4 Å². The van der Waals surface area contributed by atoms with Crippen LogP contribution in [0.25, 0.3) is 0 Å². The number of hydrogen-bond donors (Lipinski definition) is 2. The second-order valence-corrected chi connectivity index (χ2v) is 6.76. The summed E-state index contributed by atoms with van der Waals surface area (Å²) in [7, 11) is 2.15. The van der Waals surface area contributed by atoms with Gasteiger partial charge in [-0.2, -0.15) is 0 Å². The summed E-state index contributed by atoms with van der Waals surface area (Å²) in [4.78, 5) is 17.8. The number of nitrogens with one attached hydrogen (secondary N) is 2. The molecule has 1 aromatic carbocycles. The van der Waals surface area contributed by atoms with Crippen LogP contribution in [0.4, 0.5) is 16.2 Å². The molecule has 0 radical (unpaired) electrons. The Kier molecular flexibility index (Phi) is 5.15. The van der Waals surface area contributed by atoms with Crippen molar-refractivity contribution in [2.24, 2.45) is 0 Å². The van der Waals surface area contributed by atoms with Gasteiger partial charge in [-0.15, -0.1) is 11.3 Å². The van der Waals surface area contributed by atoms with Crippen molar-refractivity contribution in [3.8, 4) is 0 Å². The van der Waals surface area contributed by atoms with E-state index in [1.165, 1.54) is 5.69 Å². The van der Waals surface area contributed by atoms with Gasteiger partial charge in [0.25, 0.3) is 0 Å². The molecule has 1 saturated heterocycles. The molecule has 0 aliphatic carbocycles. The highest BCUT2D eigenvalue weighted by molar-refractivity contribution is 7.09. The van der Waals surface area contributed by atoms with Gasteiger partial charge >= 0.3 is 6.03 Å². The molecule has 0 bridgehead atoms. The topological polar surface area (TPSA) is 47.6 Å². The van der Waals surface area contributed by atoms with Crippen molar-refractivity contribution in [1.29, 1.82) is 0 Å². The van der Waals surface area contributed by atoms with Crippen LogP contribution in [0.5, 0.6) is 0 Å². The van der Waals surface area contributed by atoms with Crippen LogP contribution < -0.4 is 15.5 Å². The van der Waals surface area contributed by atoms with E-state index in [1.807, 2.05) is 29.6 Å². The van der Waals surface area contributed by atoms with E-state index < -0.39 is 0 Å². The fourth-order valence-electron chi connectivity index (χ4n) is 2.58. The number of nitrogens with zero attached hydrogens (tertiary/aromatic N) is 2. The molecular weight excluding hydrogens is 308 g/mol. The summed E-state index contributed by atoms with van der Waals surface area (Å²) < 4.78 is 0. The van der Waals surface area contributed by atoms with E-state index in [0.29, 0.717) is 6.54 Å². The van der Waals surface area contributed by atoms with Gasteiger partial charge in [0.2, 0.25) is 0 Å². The number of benzene rings is 1. The van der Waals surface area contributed by atoms with Crippen LogP contribution in [0.15, 0.2) is 41.8 Å². The molecule has 23 heavy (non-hydrogen) atoms. The first kappa shape index (κ1) is 15.8. The van der Waals surface area contributed by atoms with Crippen LogP contribution in [-0.4, -0.2) is 44.2 Å². The highest BCUT2D eigenvalue weighted by atomic mass is 32.1. The van der Waals surface area contributed by atoms with Crippen molar-refractivity contribution in [2.75, 3.05) is 43.4 Å². The number of urea groups is 1. The lowest BCUT2D eigenvalue weighted by atomic mass is 10.2. The number of thiophene rings is 1. The molecule has 2 aromatic rings. The zero-order valence-electron chi connectivity index (χ0n) is 13.3. The second-order valence-electron chi connectivity index (χ2n) is 5.72. The number of piperazine rings is 1. The van der Waals surface area contributed by atoms with Crippen molar-refractivity contribution in [1.82, 2.24) is 10.2 Å². The molecule has 0 saturated carbocycles. The maximum absolute atomic E-state index is 11.9. The molecule has 2 N–H and O–H groups in total. The lowest BCUT2D eigenvalue weighted by Crippen LogP contribution is -2.44. The molecule has 5 nitrogen and oxygen atoms in total. The van der Waals surface area contributed by atoms with Crippen molar-refractivity contribution in [2.45, 2.75) is 6.54 Å². The minimum absolute atomic E-state index is 0.175. The summed E-state index contributed by atoms with van der Waals surface area (Å²) in [5.74, 6) is 0. The Balaban J connectivity index is 1.50. The fourth-order valence-corrected chi connectivity index (χ4v) is 3.22. The van der Waals surface area contributed by atoms with Crippen LogP contribution in [0, 0.1) is 0 Å². The first-order chi connectivity index (χ1) is 11.2. The van der Waals surface area contributed by atoms with E-state index in [1.54, 1.807) is 11.3 Å². The first-order valence-electron chi connectivity index (χ1n) is 7.81. The summed E-state index contributed by atoms with van der Waals surface area (Å²) in [5.41, 5.74) is 2.02. The van der Waals surface area contributed by atoms with Gasteiger partial charge in [0.05, 0.1) is 6.54 Å². The predicted octanol–water partition coefficient (Wildman–Crippen LogP) is 2.82. The average Bonchev–Trinajstić information content (AvgIpc) is 3.08. The van der Waals surface area contributed by atoms with Gasteiger partial charge in [0.1, 0.15) is 0 Å². The van der Waals surface area contributed by atoms with E-state index in [2.05, 4.69) is 39.6 Å². The molecule has 2 amide bonds. The van der Waals surface area contributed by atoms with Gasteiger partial charge in [-0.25, -0.2) is 4.79 Å². The number of amides is 2. The maximum Gasteiger partial charge on any atom is 0.319 e. The van der Waals surface area contributed by atoms with Gasteiger partial charge in [-0.3, -0.25) is 0 Å². The van der Waals surface area contributed by atoms with E-state index in [4.69, 9.17) is 0 Å². The van der Waals surface area contributed by atoms with Gasteiger partial charge in [0.15, 0.2) is 0 Å². The Hall–Kier alpha value is -2.05. The highest BCUT2D eigenvalue weighted by Crippen LogP contribution is 2.19. The van der Waals surface area contributed by atoms with Crippen molar-refractivity contribution in [3.05, 3.63) is 46.7 Å². The highest BCUT2D eigenvalue weighted by Gasteiger charge is 2.14. The summed E-state index contributed by atoms with van der Waals surface area (Å²) in [6, 6.07) is 11.9. The Morgan fingerprint density at radius 3 is 2.52 bits per heavy atom. The molecule has 1 fully saturated rings. The Morgan fingerprint density at radius 2 is 1.87 bits per heavy atom. The zero-order valence-corrected chi connectivity index (χ0v) is 14.1. The smallest absolute Gasteiger partial charge is 0.319 e. The third-order valence-corrected chi connectivity index (χ3v) is 4.87. The lowest BCUT2D eigenvalue weighted by molar-refractivity contribution is 0.252. The Morgan fingerprint density at radius 1 is 1.13 bits per heavy atom. The predicted molar refractivity (Wildman–Crippen MR) is 96.3 cm³/mol. The molecular formula is C17H22N4OS. The molecule has 1 aliphatic rings. The largest absolute Gasteiger partial charge is 0.369 e. The number of likely N-dealkylation sites (N-methyl/N-ethyl adjacent to an activating group) is 1. The van der Waals surface area contributed by atoms with Crippen molar-refractivity contribution < 1.29 is 4.79 Å². The van der Waals surface area contributed by atoms with Gasteiger partial charge in [-0.05, 0) is 42.8 Å². The number of carbonyl (C=O) groups excluding carboxylic acids is 1. The molecule has 2 heterocycles. The minimum Gasteiger partial charge on any atom is -0.369 e. The summed E-state index contributed by atoms with van der Waals surface area (Å²) >= 11 is 1.64. The van der Waals surface area contributed by atoms with Crippen LogP contribution in [0.3, 0.4) is 0 Å². The third kappa shape index (κ3) is 4.46. The quantitative estimate of drug-likeness (QED) is 0.906. The van der Waals surface area contributed by atoms with E-state index in [-0.39, 0.29) is 6.03 Å². The maximum atomic E-state index is 11.9. The van der Waals surface area contributed by atoms with Gasteiger partial charge in [-0.1, -0.05) is 6.07 Å². The molecule has 0 spiro atoms. The Labute approximate surface area is 140 Å². The van der Waals surface area contributed by atoms with Crippen LogP contribution >= 0.6 is 11.3 Å². The molecule has 122 valence electrons. The first-order valence-corrected chi connectivity index (χ1v) is 8.69. The zero-order chi connectivity index (χ0) is 16.1. The van der Waals surface area contributed by atoms with Gasteiger partial charge < -0.3 is 20.4 Å². The van der Waals surface area contributed by atoms with Crippen molar-refractivity contribution in [3.63, 3.8) is 0 Å². The van der Waals surface area contributed by atoms with Crippen LogP contribution in [0.2, 0.25) is 0 Å². The standard InChI is InChI=1S/C17H22N4OS/c1-20-8-10-21(11-9-20)15-6-4-14(5-7-15)19-17(22)18-13-16-3-2-12-23-16/h2-7,12H,8-11,13H2,1H3,(H2,18,19,22). The van der Waals surface area contributed by atoms with Crippen LogP contribution in [0.1, 0.15) is 4.88 Å². The number of hydrogen-bond acceptors (Lipinski definition) is 4. The monoisotopic (exact) mass is 330 g/mol. The molecule has 3 rings (SSSR count). The number of rotatable bonds is 4. The SMILES string of the molecule is CN1CCN(c2ccc(NC(=O)NCc3cccs3)cc2)CC1. The molecule has 0 unspecified atom stereocenters. The van der Waals surface area contributed by atoms with E-state index in [9.17, 15) is 4.79 Å². The lowest BCUT2D eigenvalue weighted by Gasteiger charge is -2.34. The third-order valence-electron chi connectivity index (χ3n) is 4.00. The summed E-state index contributed by atoms with van der Waals surface area (Å²) in [6.07, 6.45) is 0. The normalized spacial score (nSPS) is 15.4. The van der Waals surface area contributed by atoms with Crippen molar-refractivity contribution >= 4 is 28.7 Å². The summed E-state index contributed by atoms with van der Waals surface area (Å²) in [6.45, 7) is 4.83. The summed E-state index contributed by atoms with van der Waals surface area (Å²) in [5, 5.41) is 7.74.